The molecule has 0 amide bonds. The van der Waals surface area contributed by atoms with Crippen LogP contribution in [0.4, 0.5) is 5.69 Å². The number of aromatic nitrogens is 4. The molecule has 2 aromatic heterocycles. The van der Waals surface area contributed by atoms with Crippen molar-refractivity contribution in [3.05, 3.63) is 39.5 Å². The number of hydrogen-bond acceptors (Lipinski definition) is 4. The van der Waals surface area contributed by atoms with Crippen LogP contribution in [-0.4, -0.2) is 26.1 Å². The number of nitrogens with one attached hydrogen (secondary N) is 1. The SMILES string of the molecule is O=c1c(Br)c(NCCn2cccn2)cnn1CC1CC1. The predicted octanol–water partition coefficient (Wildman–Crippen LogP) is 1.72. The third-order valence-corrected chi connectivity index (χ3v) is 4.09. The molecule has 0 bridgehead atoms. The topological polar surface area (TPSA) is 64.7 Å². The van der Waals surface area contributed by atoms with Gasteiger partial charge in [-0.3, -0.25) is 9.48 Å². The van der Waals surface area contributed by atoms with E-state index < -0.39 is 0 Å². The lowest BCUT2D eigenvalue weighted by Crippen LogP contribution is -2.25. The molecular formula is C13H16BrN5O. The van der Waals surface area contributed by atoms with E-state index in [-0.39, 0.29) is 5.56 Å². The molecule has 106 valence electrons. The highest BCUT2D eigenvalue weighted by Gasteiger charge is 2.23. The number of rotatable bonds is 6. The van der Waals surface area contributed by atoms with Crippen LogP contribution in [0.5, 0.6) is 0 Å². The van der Waals surface area contributed by atoms with E-state index in [2.05, 4.69) is 31.4 Å². The summed E-state index contributed by atoms with van der Waals surface area (Å²) in [4.78, 5) is 12.1. The maximum atomic E-state index is 12.1. The van der Waals surface area contributed by atoms with Crippen LogP contribution in [0.25, 0.3) is 0 Å². The molecule has 7 heteroatoms. The van der Waals surface area contributed by atoms with Crippen LogP contribution in [0.3, 0.4) is 0 Å². The molecule has 0 saturated heterocycles. The fraction of sp³-hybridized carbons (Fsp3) is 0.462. The molecule has 0 spiro atoms. The van der Waals surface area contributed by atoms with Gasteiger partial charge in [0, 0.05) is 25.5 Å². The molecule has 2 heterocycles. The molecular weight excluding hydrogens is 322 g/mol. The predicted molar refractivity (Wildman–Crippen MR) is 79.6 cm³/mol. The van der Waals surface area contributed by atoms with Gasteiger partial charge in [0.15, 0.2) is 0 Å². The Kier molecular flexibility index (Phi) is 3.86. The second-order valence-corrected chi connectivity index (χ2v) is 5.79. The smallest absolute Gasteiger partial charge is 0.283 e. The summed E-state index contributed by atoms with van der Waals surface area (Å²) in [6.45, 7) is 2.16. The second-order valence-electron chi connectivity index (χ2n) is 5.00. The Hall–Kier alpha value is -1.63. The van der Waals surface area contributed by atoms with Gasteiger partial charge < -0.3 is 5.32 Å². The van der Waals surface area contributed by atoms with Crippen molar-refractivity contribution in [3.63, 3.8) is 0 Å². The normalized spacial score (nSPS) is 14.4. The third-order valence-electron chi connectivity index (χ3n) is 3.33. The summed E-state index contributed by atoms with van der Waals surface area (Å²) in [5.74, 6) is 0.630. The highest BCUT2D eigenvalue weighted by molar-refractivity contribution is 9.10. The first-order valence-corrected chi connectivity index (χ1v) is 7.50. The molecule has 1 aliphatic carbocycles. The van der Waals surface area contributed by atoms with Crippen LogP contribution in [0.1, 0.15) is 12.8 Å². The van der Waals surface area contributed by atoms with Crippen LogP contribution in [0.2, 0.25) is 0 Å². The number of halogens is 1. The van der Waals surface area contributed by atoms with Gasteiger partial charge in [0.25, 0.3) is 5.56 Å². The largest absolute Gasteiger partial charge is 0.381 e. The van der Waals surface area contributed by atoms with Crippen LogP contribution in [-0.2, 0) is 13.1 Å². The molecule has 0 radical (unpaired) electrons. The Labute approximate surface area is 124 Å². The Bertz CT molecular complexity index is 633. The standard InChI is InChI=1S/C13H16BrN5O/c14-12-11(15-5-7-18-6-1-4-16-18)8-17-19(13(12)20)9-10-2-3-10/h1,4,6,8,10,15H,2-3,5,7,9H2. The van der Waals surface area contributed by atoms with Gasteiger partial charge in [0.1, 0.15) is 4.47 Å². The molecule has 2 aromatic rings. The summed E-state index contributed by atoms with van der Waals surface area (Å²) in [5, 5.41) is 11.6. The molecule has 1 aliphatic rings. The zero-order valence-corrected chi connectivity index (χ0v) is 12.6. The van der Waals surface area contributed by atoms with Gasteiger partial charge in [-0.15, -0.1) is 0 Å². The van der Waals surface area contributed by atoms with Gasteiger partial charge >= 0.3 is 0 Å². The van der Waals surface area contributed by atoms with E-state index in [1.54, 1.807) is 17.1 Å². The summed E-state index contributed by atoms with van der Waals surface area (Å²) in [6, 6.07) is 1.89. The fourth-order valence-corrected chi connectivity index (χ4v) is 2.45. The molecule has 0 aliphatic heterocycles. The number of anilines is 1. The molecule has 1 fully saturated rings. The highest BCUT2D eigenvalue weighted by atomic mass is 79.9. The number of hydrogen-bond donors (Lipinski definition) is 1. The van der Waals surface area contributed by atoms with Gasteiger partial charge in [-0.05, 0) is 40.8 Å². The number of nitrogens with zero attached hydrogens (tertiary/aromatic N) is 4. The van der Waals surface area contributed by atoms with Crippen LogP contribution >= 0.6 is 15.9 Å². The Morgan fingerprint density at radius 1 is 1.40 bits per heavy atom. The van der Waals surface area contributed by atoms with Crippen molar-refractivity contribution in [1.82, 2.24) is 19.6 Å². The van der Waals surface area contributed by atoms with E-state index in [1.165, 1.54) is 12.8 Å². The van der Waals surface area contributed by atoms with Crippen molar-refractivity contribution < 1.29 is 0 Å². The van der Waals surface area contributed by atoms with Crippen LogP contribution in [0, 0.1) is 5.92 Å². The highest BCUT2D eigenvalue weighted by Crippen LogP contribution is 2.30. The maximum absolute atomic E-state index is 12.1. The van der Waals surface area contributed by atoms with E-state index in [4.69, 9.17) is 0 Å². The van der Waals surface area contributed by atoms with Gasteiger partial charge in [-0.2, -0.15) is 10.2 Å². The molecule has 3 rings (SSSR count). The minimum absolute atomic E-state index is 0.0685. The van der Waals surface area contributed by atoms with Crippen molar-refractivity contribution in [2.45, 2.75) is 25.9 Å². The zero-order chi connectivity index (χ0) is 13.9. The monoisotopic (exact) mass is 337 g/mol. The first-order valence-electron chi connectivity index (χ1n) is 6.71. The average Bonchev–Trinajstić information content (AvgIpc) is 3.11. The Morgan fingerprint density at radius 2 is 2.25 bits per heavy atom. The van der Waals surface area contributed by atoms with Crippen LogP contribution in [0.15, 0.2) is 33.9 Å². The summed E-state index contributed by atoms with van der Waals surface area (Å²) >= 11 is 3.36. The van der Waals surface area contributed by atoms with E-state index >= 15 is 0 Å². The summed E-state index contributed by atoms with van der Waals surface area (Å²) in [6.07, 6.45) is 7.77. The first-order chi connectivity index (χ1) is 9.74. The summed E-state index contributed by atoms with van der Waals surface area (Å²) in [7, 11) is 0. The van der Waals surface area contributed by atoms with Crippen molar-refractivity contribution in [3.8, 4) is 0 Å². The first kappa shape index (κ1) is 13.4. The molecule has 1 N–H and O–H groups in total. The van der Waals surface area contributed by atoms with E-state index in [1.807, 2.05) is 16.9 Å². The molecule has 0 atom stereocenters. The second kappa shape index (κ2) is 5.78. The van der Waals surface area contributed by atoms with E-state index in [0.717, 1.165) is 18.8 Å². The van der Waals surface area contributed by atoms with Gasteiger partial charge in [-0.25, -0.2) is 4.68 Å². The minimum Gasteiger partial charge on any atom is -0.381 e. The molecule has 0 unspecified atom stereocenters. The lowest BCUT2D eigenvalue weighted by molar-refractivity contribution is 0.531. The average molecular weight is 338 g/mol. The van der Waals surface area contributed by atoms with E-state index in [9.17, 15) is 4.79 Å². The van der Waals surface area contributed by atoms with E-state index in [0.29, 0.717) is 16.9 Å². The van der Waals surface area contributed by atoms with Gasteiger partial charge in [0.2, 0.25) is 0 Å². The van der Waals surface area contributed by atoms with Gasteiger partial charge in [0.05, 0.1) is 18.4 Å². The third kappa shape index (κ3) is 3.09. The van der Waals surface area contributed by atoms with Crippen molar-refractivity contribution in [1.29, 1.82) is 0 Å². The molecule has 6 nitrogen and oxygen atoms in total. The van der Waals surface area contributed by atoms with Crippen molar-refractivity contribution in [2.75, 3.05) is 11.9 Å². The fourth-order valence-electron chi connectivity index (χ4n) is 2.00. The van der Waals surface area contributed by atoms with Crippen molar-refractivity contribution >= 4 is 21.6 Å². The summed E-state index contributed by atoms with van der Waals surface area (Å²) in [5.41, 5.74) is 0.662. The molecule has 1 saturated carbocycles. The minimum atomic E-state index is -0.0685. The zero-order valence-electron chi connectivity index (χ0n) is 11.0. The lowest BCUT2D eigenvalue weighted by Gasteiger charge is -2.10. The molecule has 20 heavy (non-hydrogen) atoms. The van der Waals surface area contributed by atoms with Crippen LogP contribution < -0.4 is 10.9 Å². The Morgan fingerprint density at radius 3 is 2.95 bits per heavy atom. The quantitative estimate of drug-likeness (QED) is 0.871. The summed E-state index contributed by atoms with van der Waals surface area (Å²) < 4.78 is 3.93. The van der Waals surface area contributed by atoms with Gasteiger partial charge in [-0.1, -0.05) is 0 Å². The Balaban J connectivity index is 1.64. The van der Waals surface area contributed by atoms with Crippen molar-refractivity contribution in [2.24, 2.45) is 5.92 Å². The maximum Gasteiger partial charge on any atom is 0.283 e. The molecule has 0 aromatic carbocycles. The lowest BCUT2D eigenvalue weighted by atomic mass is 10.4.